The zero-order valence-corrected chi connectivity index (χ0v) is 16.5. The van der Waals surface area contributed by atoms with Gasteiger partial charge in [0.2, 0.25) is 5.91 Å². The van der Waals surface area contributed by atoms with E-state index in [9.17, 15) is 9.18 Å². The second-order valence-electron chi connectivity index (χ2n) is 7.47. The van der Waals surface area contributed by atoms with E-state index in [1.807, 2.05) is 24.0 Å². The smallest absolute Gasteiger partial charge is 0.222 e. The fraction of sp³-hybridized carbons (Fsp3) is 0.429. The number of H-pyrrole nitrogens is 1. The number of carbonyl (C=O) groups is 1. The highest BCUT2D eigenvalue weighted by Crippen LogP contribution is 2.26. The van der Waals surface area contributed by atoms with Gasteiger partial charge in [0.05, 0.1) is 6.20 Å². The summed E-state index contributed by atoms with van der Waals surface area (Å²) in [7, 11) is 0. The molecule has 0 aromatic carbocycles. The molecule has 0 saturated carbocycles. The Bertz CT molecular complexity index is 1000. The molecule has 1 fully saturated rings. The lowest BCUT2D eigenvalue weighted by Gasteiger charge is -2.33. The number of nitrogens with one attached hydrogen (secondary N) is 2. The van der Waals surface area contributed by atoms with E-state index < -0.39 is 5.82 Å². The van der Waals surface area contributed by atoms with Crippen molar-refractivity contribution in [1.29, 1.82) is 0 Å². The summed E-state index contributed by atoms with van der Waals surface area (Å²) in [5, 5.41) is 4.03. The molecule has 0 bridgehead atoms. The number of pyridine rings is 1. The monoisotopic (exact) mass is 396 g/mol. The fourth-order valence-electron chi connectivity index (χ4n) is 3.83. The zero-order chi connectivity index (χ0) is 20.2. The van der Waals surface area contributed by atoms with Crippen LogP contribution < -0.4 is 5.32 Å². The largest absolute Gasteiger partial charge is 0.367 e. The first-order chi connectivity index (χ1) is 14.2. The lowest BCUT2D eigenvalue weighted by molar-refractivity contribution is -0.132. The van der Waals surface area contributed by atoms with E-state index in [0.29, 0.717) is 25.3 Å². The number of fused-ring (bicyclic) bond motifs is 1. The average molecular weight is 396 g/mol. The van der Waals surface area contributed by atoms with E-state index in [1.54, 1.807) is 12.4 Å². The number of hydrogen-bond donors (Lipinski definition) is 2. The predicted molar refractivity (Wildman–Crippen MR) is 110 cm³/mol. The summed E-state index contributed by atoms with van der Waals surface area (Å²) < 4.78 is 14.3. The molecule has 3 aromatic heterocycles. The van der Waals surface area contributed by atoms with Crippen LogP contribution in [0.1, 0.15) is 32.6 Å². The Morgan fingerprint density at radius 3 is 3.17 bits per heavy atom. The number of piperidine rings is 1. The Morgan fingerprint density at radius 2 is 2.31 bits per heavy atom. The molecule has 29 heavy (non-hydrogen) atoms. The number of aromatic nitrogens is 4. The van der Waals surface area contributed by atoms with Crippen LogP contribution in [0.4, 0.5) is 10.2 Å². The van der Waals surface area contributed by atoms with Gasteiger partial charge in [0.1, 0.15) is 5.65 Å². The third kappa shape index (κ3) is 4.21. The number of likely N-dealkylation sites (tertiary alicyclic amines) is 1. The van der Waals surface area contributed by atoms with Gasteiger partial charge < -0.3 is 15.2 Å². The van der Waals surface area contributed by atoms with Crippen LogP contribution in [0.15, 0.2) is 30.7 Å². The highest BCUT2D eigenvalue weighted by atomic mass is 19.1. The number of halogens is 1. The number of nitrogens with zero attached hydrogens (tertiary/aromatic N) is 4. The summed E-state index contributed by atoms with van der Waals surface area (Å²) in [6.45, 7) is 4.11. The number of rotatable bonds is 6. The molecule has 2 N–H and O–H groups in total. The molecule has 1 atom stereocenters. The molecule has 4 rings (SSSR count). The average Bonchev–Trinajstić information content (AvgIpc) is 3.18. The first-order valence-corrected chi connectivity index (χ1v) is 10.1. The van der Waals surface area contributed by atoms with Crippen LogP contribution in [0.2, 0.25) is 0 Å². The quantitative estimate of drug-likeness (QED) is 0.665. The number of aromatic amines is 1. The highest BCUT2D eigenvalue weighted by molar-refractivity contribution is 5.91. The molecule has 0 spiro atoms. The number of anilines is 1. The van der Waals surface area contributed by atoms with E-state index in [4.69, 9.17) is 0 Å². The molecular formula is C21H25FN6O. The molecule has 0 radical (unpaired) electrons. The van der Waals surface area contributed by atoms with E-state index >= 15 is 0 Å². The summed E-state index contributed by atoms with van der Waals surface area (Å²) in [4.78, 5) is 30.0. The number of hydrogen-bond acceptors (Lipinski definition) is 5. The first-order valence-electron chi connectivity index (χ1n) is 10.1. The Labute approximate surface area is 168 Å². The fourth-order valence-corrected chi connectivity index (χ4v) is 3.83. The van der Waals surface area contributed by atoms with E-state index in [-0.39, 0.29) is 17.6 Å². The van der Waals surface area contributed by atoms with Crippen molar-refractivity contribution in [3.63, 3.8) is 0 Å². The molecule has 4 heterocycles. The Morgan fingerprint density at radius 1 is 1.41 bits per heavy atom. The third-order valence-electron chi connectivity index (χ3n) is 5.33. The predicted octanol–water partition coefficient (Wildman–Crippen LogP) is 3.61. The van der Waals surface area contributed by atoms with Crippen LogP contribution >= 0.6 is 0 Å². The van der Waals surface area contributed by atoms with Gasteiger partial charge in [-0.3, -0.25) is 4.79 Å². The third-order valence-corrected chi connectivity index (χ3v) is 5.33. The summed E-state index contributed by atoms with van der Waals surface area (Å²) in [6, 6.07) is 3.77. The van der Waals surface area contributed by atoms with Gasteiger partial charge >= 0.3 is 0 Å². The number of amides is 1. The molecule has 3 aromatic rings. The molecule has 7 nitrogen and oxygen atoms in total. The van der Waals surface area contributed by atoms with Gasteiger partial charge in [0.25, 0.3) is 0 Å². The minimum Gasteiger partial charge on any atom is -0.367 e. The second-order valence-corrected chi connectivity index (χ2v) is 7.47. The van der Waals surface area contributed by atoms with E-state index in [2.05, 4.69) is 25.3 Å². The Balaban J connectivity index is 1.47. The zero-order valence-electron chi connectivity index (χ0n) is 16.5. The van der Waals surface area contributed by atoms with Gasteiger partial charge in [0, 0.05) is 49.4 Å². The van der Waals surface area contributed by atoms with Crippen LogP contribution in [-0.2, 0) is 4.79 Å². The van der Waals surface area contributed by atoms with E-state index in [1.165, 1.54) is 6.20 Å². The maximum Gasteiger partial charge on any atom is 0.222 e. The standard InChI is InChI=1S/C21H25FN6O/c1-2-5-18(29)28-9-4-6-14(13-28)10-24-21-17(22)12-26-20(27-21)16-11-25-19-15(16)7-3-8-23-19/h3,7-8,11-12,14H,2,4-6,9-10,13H2,1H3,(H,23,25)(H,24,26,27)/t14-/m0/s1. The second kappa shape index (κ2) is 8.55. The Kier molecular flexibility index (Phi) is 5.69. The summed E-state index contributed by atoms with van der Waals surface area (Å²) in [6.07, 6.45) is 8.11. The summed E-state index contributed by atoms with van der Waals surface area (Å²) in [5.41, 5.74) is 1.52. The minimum absolute atomic E-state index is 0.185. The number of carbonyl (C=O) groups excluding carboxylic acids is 1. The van der Waals surface area contributed by atoms with Crippen LogP contribution in [0, 0.1) is 11.7 Å². The lowest BCUT2D eigenvalue weighted by atomic mass is 9.97. The SMILES string of the molecule is CCCC(=O)N1CCC[C@@H](CNc2nc(-c3c[nH]c4ncccc34)ncc2F)C1. The molecule has 1 saturated heterocycles. The van der Waals surface area contributed by atoms with Crippen molar-refractivity contribution in [2.24, 2.45) is 5.92 Å². The molecule has 0 aliphatic carbocycles. The van der Waals surface area contributed by atoms with Crippen molar-refractivity contribution in [2.75, 3.05) is 25.0 Å². The van der Waals surface area contributed by atoms with Gasteiger partial charge in [-0.05, 0) is 37.3 Å². The first kappa shape index (κ1) is 19.3. The van der Waals surface area contributed by atoms with Gasteiger partial charge in [-0.15, -0.1) is 0 Å². The van der Waals surface area contributed by atoms with Crippen molar-refractivity contribution in [3.05, 3.63) is 36.5 Å². The van der Waals surface area contributed by atoms with E-state index in [0.717, 1.165) is 42.4 Å². The molecular weight excluding hydrogens is 371 g/mol. The molecule has 1 aliphatic rings. The van der Waals surface area contributed by atoms with Crippen molar-refractivity contribution in [3.8, 4) is 11.4 Å². The van der Waals surface area contributed by atoms with Crippen molar-refractivity contribution >= 4 is 22.8 Å². The maximum absolute atomic E-state index is 14.3. The topological polar surface area (TPSA) is 86.8 Å². The van der Waals surface area contributed by atoms with Gasteiger partial charge in [-0.1, -0.05) is 6.92 Å². The normalized spacial score (nSPS) is 16.9. The summed E-state index contributed by atoms with van der Waals surface area (Å²) >= 11 is 0. The minimum atomic E-state index is -0.485. The molecule has 1 amide bonds. The highest BCUT2D eigenvalue weighted by Gasteiger charge is 2.23. The van der Waals surface area contributed by atoms with Gasteiger partial charge in [-0.2, -0.15) is 0 Å². The lowest BCUT2D eigenvalue weighted by Crippen LogP contribution is -2.41. The van der Waals surface area contributed by atoms with Crippen molar-refractivity contribution in [2.45, 2.75) is 32.6 Å². The molecule has 8 heteroatoms. The van der Waals surface area contributed by atoms with Crippen LogP contribution in [-0.4, -0.2) is 50.4 Å². The van der Waals surface area contributed by atoms with Crippen LogP contribution in [0.3, 0.4) is 0 Å². The van der Waals surface area contributed by atoms with Crippen molar-refractivity contribution < 1.29 is 9.18 Å². The molecule has 0 unspecified atom stereocenters. The molecule has 1 aliphatic heterocycles. The van der Waals surface area contributed by atoms with Crippen LogP contribution in [0.5, 0.6) is 0 Å². The van der Waals surface area contributed by atoms with Crippen molar-refractivity contribution in [1.82, 2.24) is 24.8 Å². The summed E-state index contributed by atoms with van der Waals surface area (Å²) in [5.74, 6) is 0.628. The maximum atomic E-state index is 14.3. The van der Waals surface area contributed by atoms with Gasteiger partial charge in [-0.25, -0.2) is 19.3 Å². The van der Waals surface area contributed by atoms with Gasteiger partial charge in [0.15, 0.2) is 17.5 Å². The van der Waals surface area contributed by atoms with Crippen LogP contribution in [0.25, 0.3) is 22.4 Å². The molecule has 152 valence electrons. The Hall–Kier alpha value is -3.03.